The summed E-state index contributed by atoms with van der Waals surface area (Å²) in [7, 11) is 4.03. The molecule has 0 unspecified atom stereocenters. The molecular weight excluding hydrogens is 407 g/mol. The van der Waals surface area contributed by atoms with Crippen molar-refractivity contribution >= 4 is 29.7 Å². The normalized spacial score (nSPS) is 18.2. The van der Waals surface area contributed by atoms with Gasteiger partial charge >= 0.3 is 0 Å². The molecule has 2 fully saturated rings. The largest absolute Gasteiger partial charge is 0.388 e. The third-order valence-corrected chi connectivity index (χ3v) is 6.79. The van der Waals surface area contributed by atoms with Crippen LogP contribution >= 0.6 is 0 Å². The minimum atomic E-state index is -0.470. The van der Waals surface area contributed by atoms with Crippen LogP contribution in [0.5, 0.6) is 0 Å². The third kappa shape index (κ3) is 4.12. The molecule has 1 saturated carbocycles. The molecule has 1 aliphatic heterocycles. The van der Waals surface area contributed by atoms with Crippen molar-refractivity contribution in [2.45, 2.75) is 18.9 Å². The molecule has 2 aliphatic rings. The molecule has 1 spiro atoms. The van der Waals surface area contributed by atoms with Gasteiger partial charge in [0, 0.05) is 75.2 Å². The number of pyridine rings is 1. The Morgan fingerprint density at radius 1 is 1.31 bits per heavy atom. The van der Waals surface area contributed by atoms with Crippen LogP contribution in [-0.2, 0) is 0 Å². The van der Waals surface area contributed by atoms with E-state index in [9.17, 15) is 4.39 Å². The monoisotopic (exact) mass is 438 g/mol. The number of nitrogens with two attached hydrogens (primary N) is 1. The van der Waals surface area contributed by atoms with Crippen molar-refractivity contribution in [3.8, 4) is 0 Å². The summed E-state index contributed by atoms with van der Waals surface area (Å²) in [4.78, 5) is 9.08. The number of hydrogen-bond donors (Lipinski definition) is 4. The molecular formula is C23H31FN8. The SMILES string of the molecule is CNc1cc(N(C)C2CC3(C2)CN(CCN=c2cc(N)n(C=N)cc2F)C3)ccc1C=N. The Labute approximate surface area is 187 Å². The maximum Gasteiger partial charge on any atom is 0.165 e. The third-order valence-electron chi connectivity index (χ3n) is 6.79. The highest BCUT2D eigenvalue weighted by Gasteiger charge is 2.53. The van der Waals surface area contributed by atoms with E-state index in [1.807, 2.05) is 13.1 Å². The first-order valence-electron chi connectivity index (χ1n) is 10.8. The molecule has 4 rings (SSSR count). The van der Waals surface area contributed by atoms with Crippen molar-refractivity contribution in [3.63, 3.8) is 0 Å². The van der Waals surface area contributed by atoms with Crippen molar-refractivity contribution in [2.75, 3.05) is 56.2 Å². The molecule has 0 atom stereocenters. The van der Waals surface area contributed by atoms with Crippen LogP contribution in [0.1, 0.15) is 18.4 Å². The molecule has 1 aromatic carbocycles. The van der Waals surface area contributed by atoms with Crippen LogP contribution in [0.4, 0.5) is 21.6 Å². The number of likely N-dealkylation sites (tertiary alicyclic amines) is 1. The standard InChI is InChI=1S/C23H31FN8/c1-28-20-7-17(4-3-16(20)11-25)30(2)18-9-23(10-18)13-31(14-23)6-5-29-21-8-22(27)32(15-26)12-19(21)24/h3-4,7-8,11-12,15,18,25-26,28H,5-6,9-10,13-14,27H2,1-2H3. The van der Waals surface area contributed by atoms with E-state index in [0.717, 1.165) is 37.2 Å². The van der Waals surface area contributed by atoms with E-state index < -0.39 is 5.82 Å². The zero-order valence-corrected chi connectivity index (χ0v) is 18.6. The first-order valence-corrected chi connectivity index (χ1v) is 10.8. The Morgan fingerprint density at radius 3 is 2.72 bits per heavy atom. The number of hydrogen-bond acceptors (Lipinski definition) is 7. The number of anilines is 3. The number of halogens is 1. The van der Waals surface area contributed by atoms with E-state index in [2.05, 4.69) is 39.3 Å². The fraction of sp³-hybridized carbons (Fsp3) is 0.435. The Morgan fingerprint density at radius 2 is 2.06 bits per heavy atom. The van der Waals surface area contributed by atoms with Crippen LogP contribution in [0.2, 0.25) is 0 Å². The number of nitrogens with zero attached hydrogens (tertiary/aromatic N) is 4. The zero-order valence-electron chi connectivity index (χ0n) is 18.6. The molecule has 0 radical (unpaired) electrons. The van der Waals surface area contributed by atoms with Gasteiger partial charge in [0.25, 0.3) is 0 Å². The summed E-state index contributed by atoms with van der Waals surface area (Å²) < 4.78 is 15.3. The van der Waals surface area contributed by atoms with Crippen molar-refractivity contribution in [2.24, 2.45) is 10.4 Å². The molecule has 0 amide bonds. The Hall–Kier alpha value is -3.20. The number of benzene rings is 1. The lowest BCUT2D eigenvalue weighted by atomic mass is 9.60. The number of rotatable bonds is 8. The van der Waals surface area contributed by atoms with Gasteiger partial charge in [-0.3, -0.25) is 15.0 Å². The molecule has 1 saturated heterocycles. The lowest BCUT2D eigenvalue weighted by Crippen LogP contribution is -2.66. The maximum absolute atomic E-state index is 14.1. The molecule has 170 valence electrons. The second kappa shape index (κ2) is 8.74. The van der Waals surface area contributed by atoms with E-state index in [4.69, 9.17) is 16.6 Å². The van der Waals surface area contributed by atoms with Gasteiger partial charge in [-0.1, -0.05) is 0 Å². The van der Waals surface area contributed by atoms with Crippen LogP contribution in [0, 0.1) is 22.1 Å². The van der Waals surface area contributed by atoms with Crippen molar-refractivity contribution in [3.05, 3.63) is 47.2 Å². The van der Waals surface area contributed by atoms with Gasteiger partial charge in [-0.05, 0) is 36.5 Å². The fourth-order valence-corrected chi connectivity index (χ4v) is 4.94. The molecule has 1 aliphatic carbocycles. The van der Waals surface area contributed by atoms with Gasteiger partial charge in [-0.25, -0.2) is 4.39 Å². The van der Waals surface area contributed by atoms with Crippen LogP contribution in [0.3, 0.4) is 0 Å². The van der Waals surface area contributed by atoms with Gasteiger partial charge in [-0.15, -0.1) is 0 Å². The van der Waals surface area contributed by atoms with Crippen LogP contribution in [-0.4, -0.2) is 68.3 Å². The second-order valence-electron chi connectivity index (χ2n) is 8.90. The summed E-state index contributed by atoms with van der Waals surface area (Å²) in [5.74, 6) is -0.176. The number of aromatic nitrogens is 1. The highest BCUT2D eigenvalue weighted by atomic mass is 19.1. The van der Waals surface area contributed by atoms with Gasteiger partial charge in [0.05, 0.1) is 18.2 Å². The molecule has 9 heteroatoms. The first-order chi connectivity index (χ1) is 15.4. The lowest BCUT2D eigenvalue weighted by Gasteiger charge is -2.61. The van der Waals surface area contributed by atoms with Crippen molar-refractivity contribution < 1.29 is 4.39 Å². The Kier molecular flexibility index (Phi) is 6.01. The molecule has 0 bridgehead atoms. The Balaban J connectivity index is 1.27. The number of nitrogen functional groups attached to an aromatic ring is 1. The van der Waals surface area contributed by atoms with E-state index >= 15 is 0 Å². The van der Waals surface area contributed by atoms with Crippen molar-refractivity contribution in [1.82, 2.24) is 9.47 Å². The van der Waals surface area contributed by atoms with Crippen LogP contribution in [0.15, 0.2) is 35.5 Å². The second-order valence-corrected chi connectivity index (χ2v) is 8.90. The van der Waals surface area contributed by atoms with Gasteiger partial charge in [0.1, 0.15) is 5.82 Å². The topological polar surface area (TPSA) is 110 Å². The molecule has 8 nitrogen and oxygen atoms in total. The van der Waals surface area contributed by atoms with Gasteiger partial charge < -0.3 is 26.3 Å². The quantitative estimate of drug-likeness (QED) is 0.374. The molecule has 5 N–H and O–H groups in total. The predicted octanol–water partition coefficient (Wildman–Crippen LogP) is 2.21. The average Bonchev–Trinajstić information content (AvgIpc) is 2.74. The van der Waals surface area contributed by atoms with Gasteiger partial charge in [-0.2, -0.15) is 0 Å². The van der Waals surface area contributed by atoms with E-state index in [1.54, 1.807) is 0 Å². The van der Waals surface area contributed by atoms with E-state index in [0.29, 0.717) is 23.8 Å². The first kappa shape index (κ1) is 22.0. The predicted molar refractivity (Wildman–Crippen MR) is 128 cm³/mol. The van der Waals surface area contributed by atoms with E-state index in [1.165, 1.54) is 41.6 Å². The van der Waals surface area contributed by atoms with Crippen LogP contribution in [0.25, 0.3) is 0 Å². The summed E-state index contributed by atoms with van der Waals surface area (Å²) in [5, 5.41) is 18.1. The molecule has 1 aromatic heterocycles. The summed E-state index contributed by atoms with van der Waals surface area (Å²) in [5.41, 5.74) is 9.23. The van der Waals surface area contributed by atoms with Crippen LogP contribution < -0.4 is 21.3 Å². The van der Waals surface area contributed by atoms with Gasteiger partial charge in [0.15, 0.2) is 5.82 Å². The van der Waals surface area contributed by atoms with Crippen molar-refractivity contribution in [1.29, 1.82) is 10.8 Å². The highest BCUT2D eigenvalue weighted by molar-refractivity contribution is 5.87. The minimum absolute atomic E-state index is 0.246. The minimum Gasteiger partial charge on any atom is -0.388 e. The summed E-state index contributed by atoms with van der Waals surface area (Å²) in [6.45, 7) is 3.46. The molecule has 2 aromatic rings. The smallest absolute Gasteiger partial charge is 0.165 e. The highest BCUT2D eigenvalue weighted by Crippen LogP contribution is 2.50. The summed E-state index contributed by atoms with van der Waals surface area (Å²) in [6.07, 6.45) is 5.87. The van der Waals surface area contributed by atoms with Gasteiger partial charge in [0.2, 0.25) is 0 Å². The number of nitrogens with one attached hydrogen (secondary N) is 3. The lowest BCUT2D eigenvalue weighted by molar-refractivity contribution is -0.0695. The molecule has 2 heterocycles. The summed E-state index contributed by atoms with van der Waals surface area (Å²) >= 11 is 0. The Bertz CT molecular complexity index is 1080. The fourth-order valence-electron chi connectivity index (χ4n) is 4.94. The average molecular weight is 439 g/mol. The zero-order chi connectivity index (χ0) is 22.9. The van der Waals surface area contributed by atoms with E-state index in [-0.39, 0.29) is 5.36 Å². The summed E-state index contributed by atoms with van der Waals surface area (Å²) in [6, 6.07) is 8.18. The molecule has 32 heavy (non-hydrogen) atoms. The maximum atomic E-state index is 14.1.